The van der Waals surface area contributed by atoms with Crippen LogP contribution in [0.2, 0.25) is 0 Å². The molecule has 1 aromatic carbocycles. The van der Waals surface area contributed by atoms with E-state index in [2.05, 4.69) is 26.1 Å². The molecule has 126 valence electrons. The van der Waals surface area contributed by atoms with E-state index in [4.69, 9.17) is 4.74 Å². The van der Waals surface area contributed by atoms with Crippen LogP contribution in [0.4, 0.5) is 0 Å². The summed E-state index contributed by atoms with van der Waals surface area (Å²) < 4.78 is 5.12. The number of amides is 1. The van der Waals surface area contributed by atoms with E-state index >= 15 is 0 Å². The number of hydrogen-bond donors (Lipinski definition) is 1. The number of benzene rings is 1. The highest BCUT2D eigenvalue weighted by Crippen LogP contribution is 2.29. The van der Waals surface area contributed by atoms with E-state index in [1.807, 2.05) is 12.1 Å². The summed E-state index contributed by atoms with van der Waals surface area (Å²) in [5.41, 5.74) is 1.65. The van der Waals surface area contributed by atoms with Gasteiger partial charge in [-0.05, 0) is 42.4 Å². The molecule has 0 spiro atoms. The van der Waals surface area contributed by atoms with Crippen molar-refractivity contribution in [1.29, 1.82) is 0 Å². The van der Waals surface area contributed by atoms with Crippen LogP contribution in [0.5, 0.6) is 0 Å². The third-order valence-electron chi connectivity index (χ3n) is 4.99. The predicted molar refractivity (Wildman–Crippen MR) is 90.2 cm³/mol. The second-order valence-electron chi connectivity index (χ2n) is 6.57. The van der Waals surface area contributed by atoms with Crippen molar-refractivity contribution in [2.24, 2.45) is 11.8 Å². The zero-order chi connectivity index (χ0) is 16.8. The lowest BCUT2D eigenvalue weighted by Crippen LogP contribution is -2.45. The van der Waals surface area contributed by atoms with E-state index in [-0.39, 0.29) is 18.6 Å². The number of esters is 1. The van der Waals surface area contributed by atoms with Crippen molar-refractivity contribution < 1.29 is 14.3 Å². The van der Waals surface area contributed by atoms with Gasteiger partial charge in [-0.15, -0.1) is 0 Å². The number of nitrogens with one attached hydrogen (secondary N) is 1. The molecule has 2 rings (SSSR count). The van der Waals surface area contributed by atoms with E-state index in [0.29, 0.717) is 17.4 Å². The van der Waals surface area contributed by atoms with E-state index in [1.165, 1.54) is 12.0 Å². The van der Waals surface area contributed by atoms with Crippen LogP contribution in [0.25, 0.3) is 0 Å². The highest BCUT2D eigenvalue weighted by atomic mass is 16.5. The largest absolute Gasteiger partial charge is 0.452 e. The Kier molecular flexibility index (Phi) is 6.20. The summed E-state index contributed by atoms with van der Waals surface area (Å²) in [6.07, 6.45) is 4.29. The second kappa shape index (κ2) is 8.14. The van der Waals surface area contributed by atoms with Crippen LogP contribution in [0.1, 0.15) is 56.0 Å². The maximum Gasteiger partial charge on any atom is 0.338 e. The fourth-order valence-electron chi connectivity index (χ4n) is 3.13. The van der Waals surface area contributed by atoms with Gasteiger partial charge in [0.15, 0.2) is 6.61 Å². The van der Waals surface area contributed by atoms with E-state index in [9.17, 15) is 9.59 Å². The summed E-state index contributed by atoms with van der Waals surface area (Å²) in [7, 11) is 0. The molecule has 4 heteroatoms. The van der Waals surface area contributed by atoms with Gasteiger partial charge in [0, 0.05) is 6.04 Å². The van der Waals surface area contributed by atoms with Crippen molar-refractivity contribution in [2.45, 2.75) is 52.5 Å². The van der Waals surface area contributed by atoms with E-state index < -0.39 is 5.97 Å². The topological polar surface area (TPSA) is 55.4 Å². The molecule has 0 aromatic heterocycles. The highest BCUT2D eigenvalue weighted by molar-refractivity contribution is 5.91. The van der Waals surface area contributed by atoms with Gasteiger partial charge < -0.3 is 10.1 Å². The first-order valence-electron chi connectivity index (χ1n) is 8.56. The van der Waals surface area contributed by atoms with Crippen LogP contribution in [0.3, 0.4) is 0 Å². The van der Waals surface area contributed by atoms with Crippen molar-refractivity contribution >= 4 is 11.9 Å². The molecule has 0 saturated heterocycles. The van der Waals surface area contributed by atoms with Crippen molar-refractivity contribution in [3.05, 3.63) is 35.4 Å². The molecule has 3 atom stereocenters. The van der Waals surface area contributed by atoms with Crippen LogP contribution in [-0.4, -0.2) is 24.5 Å². The van der Waals surface area contributed by atoms with Gasteiger partial charge in [0.25, 0.3) is 5.91 Å². The van der Waals surface area contributed by atoms with E-state index in [1.54, 1.807) is 12.1 Å². The van der Waals surface area contributed by atoms with Crippen molar-refractivity contribution in [1.82, 2.24) is 5.32 Å². The zero-order valence-corrected chi connectivity index (χ0v) is 14.3. The molecular weight excluding hydrogens is 290 g/mol. The van der Waals surface area contributed by atoms with Gasteiger partial charge in [-0.1, -0.05) is 45.7 Å². The van der Waals surface area contributed by atoms with Gasteiger partial charge in [0.2, 0.25) is 0 Å². The maximum absolute atomic E-state index is 12.0. The lowest BCUT2D eigenvalue weighted by molar-refractivity contribution is -0.125. The number of aryl methyl sites for hydroxylation is 1. The molecule has 1 fully saturated rings. The molecule has 1 aromatic rings. The van der Waals surface area contributed by atoms with Gasteiger partial charge in [-0.25, -0.2) is 4.79 Å². The molecule has 0 radical (unpaired) electrons. The molecule has 0 aliphatic heterocycles. The predicted octanol–water partition coefficient (Wildman–Crippen LogP) is 3.35. The van der Waals surface area contributed by atoms with Crippen LogP contribution < -0.4 is 5.32 Å². The average molecular weight is 317 g/mol. The third kappa shape index (κ3) is 4.81. The molecule has 1 aliphatic rings. The first-order chi connectivity index (χ1) is 11.0. The highest BCUT2D eigenvalue weighted by Gasteiger charge is 2.28. The van der Waals surface area contributed by atoms with Gasteiger partial charge in [0.05, 0.1) is 5.56 Å². The van der Waals surface area contributed by atoms with Crippen LogP contribution in [0, 0.1) is 11.8 Å². The standard InChI is InChI=1S/C19H27NO3/c1-4-15-8-10-16(11-9-15)19(22)23-12-18(21)20-17-7-5-6-13(2)14(17)3/h8-11,13-14,17H,4-7,12H2,1-3H3,(H,20,21). The average Bonchev–Trinajstić information content (AvgIpc) is 2.57. The molecule has 3 unspecified atom stereocenters. The third-order valence-corrected chi connectivity index (χ3v) is 4.99. The lowest BCUT2D eigenvalue weighted by atomic mass is 9.78. The summed E-state index contributed by atoms with van der Waals surface area (Å²) in [5, 5.41) is 3.01. The van der Waals surface area contributed by atoms with Crippen molar-refractivity contribution in [3.63, 3.8) is 0 Å². The van der Waals surface area contributed by atoms with Gasteiger partial charge in [-0.2, -0.15) is 0 Å². The Balaban J connectivity index is 1.80. The molecule has 4 nitrogen and oxygen atoms in total. The lowest BCUT2D eigenvalue weighted by Gasteiger charge is -2.34. The molecule has 1 saturated carbocycles. The summed E-state index contributed by atoms with van der Waals surface area (Å²) in [6.45, 7) is 6.25. The number of carbonyl (C=O) groups excluding carboxylic acids is 2. The number of ether oxygens (including phenoxy) is 1. The Morgan fingerprint density at radius 2 is 1.87 bits per heavy atom. The van der Waals surface area contributed by atoms with Gasteiger partial charge in [0.1, 0.15) is 0 Å². The second-order valence-corrected chi connectivity index (χ2v) is 6.57. The first-order valence-corrected chi connectivity index (χ1v) is 8.56. The van der Waals surface area contributed by atoms with Gasteiger partial charge in [-0.3, -0.25) is 4.79 Å². The minimum Gasteiger partial charge on any atom is -0.452 e. The monoisotopic (exact) mass is 317 g/mol. The van der Waals surface area contributed by atoms with Crippen LogP contribution in [-0.2, 0) is 16.0 Å². The minimum absolute atomic E-state index is 0.189. The number of hydrogen-bond acceptors (Lipinski definition) is 3. The fraction of sp³-hybridized carbons (Fsp3) is 0.579. The van der Waals surface area contributed by atoms with Crippen LogP contribution >= 0.6 is 0 Å². The Morgan fingerprint density at radius 1 is 1.17 bits per heavy atom. The first kappa shape index (κ1) is 17.5. The molecule has 1 amide bonds. The number of rotatable bonds is 5. The SMILES string of the molecule is CCc1ccc(C(=O)OCC(=O)NC2CCCC(C)C2C)cc1. The Morgan fingerprint density at radius 3 is 2.52 bits per heavy atom. The Hall–Kier alpha value is -1.84. The van der Waals surface area contributed by atoms with E-state index in [0.717, 1.165) is 19.3 Å². The van der Waals surface area contributed by atoms with Crippen LogP contribution in [0.15, 0.2) is 24.3 Å². The fourth-order valence-corrected chi connectivity index (χ4v) is 3.13. The van der Waals surface area contributed by atoms with Crippen molar-refractivity contribution in [2.75, 3.05) is 6.61 Å². The zero-order valence-electron chi connectivity index (χ0n) is 14.3. The summed E-state index contributed by atoms with van der Waals surface area (Å²) >= 11 is 0. The summed E-state index contributed by atoms with van der Waals surface area (Å²) in [5.74, 6) is 0.418. The minimum atomic E-state index is -0.451. The molecule has 23 heavy (non-hydrogen) atoms. The molecular formula is C19H27NO3. The smallest absolute Gasteiger partial charge is 0.338 e. The Labute approximate surface area is 138 Å². The Bertz CT molecular complexity index is 538. The quantitative estimate of drug-likeness (QED) is 0.847. The molecule has 1 aliphatic carbocycles. The maximum atomic E-state index is 12.0. The molecule has 0 bridgehead atoms. The molecule has 1 N–H and O–H groups in total. The normalized spacial score (nSPS) is 24.0. The summed E-state index contributed by atoms with van der Waals surface area (Å²) in [6, 6.07) is 7.48. The number of carbonyl (C=O) groups is 2. The van der Waals surface area contributed by atoms with Crippen molar-refractivity contribution in [3.8, 4) is 0 Å². The van der Waals surface area contributed by atoms with Gasteiger partial charge >= 0.3 is 5.97 Å². The molecule has 0 heterocycles. The summed E-state index contributed by atoms with van der Waals surface area (Å²) in [4.78, 5) is 24.0.